The molecular formula is C16H17N3O2. The van der Waals surface area contributed by atoms with Crippen molar-refractivity contribution in [1.82, 2.24) is 10.3 Å². The smallest absolute Gasteiger partial charge is 0.250 e. The van der Waals surface area contributed by atoms with Crippen LogP contribution in [-0.2, 0) is 6.54 Å². The number of nitrogens with two attached hydrogens (primary N) is 1. The van der Waals surface area contributed by atoms with Crippen LogP contribution < -0.4 is 15.8 Å². The zero-order valence-electron chi connectivity index (χ0n) is 11.6. The van der Waals surface area contributed by atoms with Crippen molar-refractivity contribution in [2.45, 2.75) is 6.54 Å². The maximum Gasteiger partial charge on any atom is 0.250 e. The molecule has 1 heterocycles. The third-order valence-corrected chi connectivity index (χ3v) is 2.78. The van der Waals surface area contributed by atoms with Crippen LogP contribution in [0.4, 0.5) is 0 Å². The largest absolute Gasteiger partial charge is 0.439 e. The third kappa shape index (κ3) is 4.43. The van der Waals surface area contributed by atoms with Crippen LogP contribution in [0.2, 0.25) is 0 Å². The molecule has 1 aromatic carbocycles. The van der Waals surface area contributed by atoms with E-state index in [1.165, 1.54) is 6.20 Å². The first kappa shape index (κ1) is 14.7. The Kier molecular flexibility index (Phi) is 5.06. The van der Waals surface area contributed by atoms with Gasteiger partial charge in [-0.25, -0.2) is 4.98 Å². The second kappa shape index (κ2) is 7.21. The summed E-state index contributed by atoms with van der Waals surface area (Å²) in [6.07, 6.45) is 3.21. The van der Waals surface area contributed by atoms with Crippen LogP contribution in [0.3, 0.4) is 0 Å². The molecule has 1 amide bonds. The molecule has 0 atom stereocenters. The van der Waals surface area contributed by atoms with Crippen molar-refractivity contribution in [3.63, 3.8) is 0 Å². The molecule has 0 bridgehead atoms. The van der Waals surface area contributed by atoms with Gasteiger partial charge in [0.05, 0.1) is 5.56 Å². The fraction of sp³-hybridized carbons (Fsp3) is 0.125. The molecule has 3 N–H and O–H groups in total. The lowest BCUT2D eigenvalue weighted by molar-refractivity contribution is 0.1000. The summed E-state index contributed by atoms with van der Waals surface area (Å²) in [6.45, 7) is 5.20. The monoisotopic (exact) mass is 283 g/mol. The third-order valence-electron chi connectivity index (χ3n) is 2.78. The average molecular weight is 283 g/mol. The summed E-state index contributed by atoms with van der Waals surface area (Å²) in [4.78, 5) is 15.0. The van der Waals surface area contributed by atoms with Crippen molar-refractivity contribution >= 4 is 5.91 Å². The highest BCUT2D eigenvalue weighted by molar-refractivity contribution is 5.92. The summed E-state index contributed by atoms with van der Waals surface area (Å²) < 4.78 is 5.59. The Morgan fingerprint density at radius 3 is 2.62 bits per heavy atom. The lowest BCUT2D eigenvalue weighted by Crippen LogP contribution is -2.12. The van der Waals surface area contributed by atoms with E-state index in [4.69, 9.17) is 10.5 Å². The van der Waals surface area contributed by atoms with Gasteiger partial charge in [-0.2, -0.15) is 0 Å². The van der Waals surface area contributed by atoms with Crippen LogP contribution in [0.5, 0.6) is 11.6 Å². The van der Waals surface area contributed by atoms with Crippen LogP contribution in [0.1, 0.15) is 15.9 Å². The van der Waals surface area contributed by atoms with E-state index in [-0.39, 0.29) is 0 Å². The summed E-state index contributed by atoms with van der Waals surface area (Å²) >= 11 is 0. The number of nitrogens with one attached hydrogen (secondary N) is 1. The van der Waals surface area contributed by atoms with E-state index < -0.39 is 5.91 Å². The molecule has 0 radical (unpaired) electrons. The fourth-order valence-electron chi connectivity index (χ4n) is 1.70. The van der Waals surface area contributed by atoms with Crippen molar-refractivity contribution in [2.75, 3.05) is 6.54 Å². The number of carbonyl (C=O) groups is 1. The molecule has 0 aliphatic carbocycles. The molecule has 0 aliphatic heterocycles. The number of amides is 1. The van der Waals surface area contributed by atoms with Crippen molar-refractivity contribution < 1.29 is 9.53 Å². The minimum Gasteiger partial charge on any atom is -0.439 e. The molecule has 0 saturated carbocycles. The van der Waals surface area contributed by atoms with Gasteiger partial charge in [0.25, 0.3) is 0 Å². The van der Waals surface area contributed by atoms with Crippen molar-refractivity contribution in [3.8, 4) is 11.6 Å². The number of carbonyl (C=O) groups excluding carboxylic acids is 1. The predicted octanol–water partition coefficient (Wildman–Crippen LogP) is 2.25. The van der Waals surface area contributed by atoms with Gasteiger partial charge in [0.1, 0.15) is 5.75 Å². The molecule has 0 fully saturated rings. The number of hydrogen-bond acceptors (Lipinski definition) is 4. The number of aromatic nitrogens is 1. The van der Waals surface area contributed by atoms with Crippen molar-refractivity contribution in [1.29, 1.82) is 0 Å². The molecule has 2 aromatic rings. The van der Waals surface area contributed by atoms with Crippen LogP contribution in [-0.4, -0.2) is 17.4 Å². The van der Waals surface area contributed by atoms with Gasteiger partial charge in [0.15, 0.2) is 0 Å². The molecule has 1 aromatic heterocycles. The lowest BCUT2D eigenvalue weighted by Gasteiger charge is -2.06. The second-order valence-electron chi connectivity index (χ2n) is 4.41. The Morgan fingerprint density at radius 2 is 2.05 bits per heavy atom. The molecule has 5 nitrogen and oxygen atoms in total. The van der Waals surface area contributed by atoms with E-state index in [1.807, 2.05) is 30.3 Å². The van der Waals surface area contributed by atoms with Gasteiger partial charge in [0.2, 0.25) is 11.8 Å². The average Bonchev–Trinajstić information content (AvgIpc) is 2.50. The Balaban J connectivity index is 1.96. The zero-order valence-corrected chi connectivity index (χ0v) is 11.6. The second-order valence-corrected chi connectivity index (χ2v) is 4.41. The number of pyridine rings is 1. The van der Waals surface area contributed by atoms with Gasteiger partial charge >= 0.3 is 0 Å². The maximum absolute atomic E-state index is 10.9. The lowest BCUT2D eigenvalue weighted by atomic mass is 10.2. The van der Waals surface area contributed by atoms with Crippen molar-refractivity contribution in [2.24, 2.45) is 5.73 Å². The van der Waals surface area contributed by atoms with E-state index >= 15 is 0 Å². The van der Waals surface area contributed by atoms with Crippen LogP contribution in [0.25, 0.3) is 0 Å². The fourth-order valence-corrected chi connectivity index (χ4v) is 1.70. The molecule has 0 aliphatic rings. The molecule has 108 valence electrons. The SMILES string of the molecule is C=CCNCc1ccc(Oc2ccc(C(N)=O)cn2)cc1. The van der Waals surface area contributed by atoms with E-state index in [0.717, 1.165) is 18.7 Å². The molecule has 5 heteroatoms. The van der Waals surface area contributed by atoms with E-state index in [0.29, 0.717) is 17.2 Å². The highest BCUT2D eigenvalue weighted by atomic mass is 16.5. The predicted molar refractivity (Wildman–Crippen MR) is 81.2 cm³/mol. The van der Waals surface area contributed by atoms with Gasteiger partial charge < -0.3 is 15.8 Å². The first-order valence-corrected chi connectivity index (χ1v) is 6.53. The molecule has 0 saturated heterocycles. The highest BCUT2D eigenvalue weighted by Crippen LogP contribution is 2.19. The molecule has 0 spiro atoms. The van der Waals surface area contributed by atoms with Gasteiger partial charge in [-0.1, -0.05) is 18.2 Å². The number of benzene rings is 1. The van der Waals surface area contributed by atoms with Crippen LogP contribution >= 0.6 is 0 Å². The van der Waals surface area contributed by atoms with Gasteiger partial charge in [-0.05, 0) is 23.8 Å². The van der Waals surface area contributed by atoms with E-state index in [1.54, 1.807) is 12.1 Å². The number of hydrogen-bond donors (Lipinski definition) is 2. The summed E-state index contributed by atoms with van der Waals surface area (Å²) in [5, 5.41) is 3.22. The number of rotatable bonds is 7. The van der Waals surface area contributed by atoms with Crippen molar-refractivity contribution in [3.05, 3.63) is 66.4 Å². The van der Waals surface area contributed by atoms with Gasteiger partial charge in [-0.3, -0.25) is 4.79 Å². The minimum atomic E-state index is -0.509. The van der Waals surface area contributed by atoms with Crippen LogP contribution in [0, 0.1) is 0 Å². The number of nitrogens with zero attached hydrogens (tertiary/aromatic N) is 1. The number of primary amides is 1. The Bertz CT molecular complexity index is 606. The highest BCUT2D eigenvalue weighted by Gasteiger charge is 2.03. The quantitative estimate of drug-likeness (QED) is 0.603. The van der Waals surface area contributed by atoms with Gasteiger partial charge in [-0.15, -0.1) is 6.58 Å². The summed E-state index contributed by atoms with van der Waals surface area (Å²) in [5.74, 6) is 0.588. The topological polar surface area (TPSA) is 77.2 Å². The molecule has 21 heavy (non-hydrogen) atoms. The maximum atomic E-state index is 10.9. The Labute approximate surface area is 123 Å². The molecular weight excluding hydrogens is 266 g/mol. The zero-order chi connectivity index (χ0) is 15.1. The Morgan fingerprint density at radius 1 is 1.29 bits per heavy atom. The number of ether oxygens (including phenoxy) is 1. The summed E-state index contributed by atoms with van der Waals surface area (Å²) in [6, 6.07) is 10.9. The summed E-state index contributed by atoms with van der Waals surface area (Å²) in [5.41, 5.74) is 6.66. The van der Waals surface area contributed by atoms with Crippen LogP contribution in [0.15, 0.2) is 55.3 Å². The molecule has 2 rings (SSSR count). The van der Waals surface area contributed by atoms with E-state index in [2.05, 4.69) is 16.9 Å². The normalized spacial score (nSPS) is 10.1. The van der Waals surface area contributed by atoms with Gasteiger partial charge in [0, 0.05) is 25.4 Å². The summed E-state index contributed by atoms with van der Waals surface area (Å²) in [7, 11) is 0. The molecule has 0 unspecified atom stereocenters. The Hall–Kier alpha value is -2.66. The standard InChI is InChI=1S/C16H17N3O2/c1-2-9-18-10-12-3-6-14(7-4-12)21-15-8-5-13(11-19-15)16(17)20/h2-8,11,18H,1,9-10H2,(H2,17,20). The first-order chi connectivity index (χ1) is 10.2. The first-order valence-electron chi connectivity index (χ1n) is 6.53. The van der Waals surface area contributed by atoms with E-state index in [9.17, 15) is 4.79 Å². The minimum absolute atomic E-state index is 0.353.